The van der Waals surface area contributed by atoms with Gasteiger partial charge in [0.1, 0.15) is 0 Å². The van der Waals surface area contributed by atoms with E-state index in [1.807, 2.05) is 48.5 Å². The van der Waals surface area contributed by atoms with Gasteiger partial charge in [-0.3, -0.25) is 9.78 Å². The summed E-state index contributed by atoms with van der Waals surface area (Å²) in [6.45, 7) is 2.07. The van der Waals surface area contributed by atoms with E-state index in [-0.39, 0.29) is 5.78 Å². The van der Waals surface area contributed by atoms with Gasteiger partial charge in [0, 0.05) is 28.9 Å². The molecule has 0 N–H and O–H groups in total. The molecule has 0 saturated carbocycles. The number of carbonyl (C=O) groups excluding carboxylic acids is 1. The van der Waals surface area contributed by atoms with E-state index in [4.69, 9.17) is 0 Å². The first-order valence-corrected chi connectivity index (χ1v) is 6.76. The fraction of sp³-hybridized carbons (Fsp3) is 0.111. The van der Waals surface area contributed by atoms with Gasteiger partial charge in [-0.2, -0.15) is 0 Å². The van der Waals surface area contributed by atoms with Crippen molar-refractivity contribution in [1.82, 2.24) is 4.98 Å². The Kier molecular flexibility index (Phi) is 3.30. The molecule has 1 aromatic heterocycles. The van der Waals surface area contributed by atoms with Gasteiger partial charge < -0.3 is 0 Å². The van der Waals surface area contributed by atoms with E-state index in [1.54, 1.807) is 12.4 Å². The summed E-state index contributed by atoms with van der Waals surface area (Å²) in [5.41, 5.74) is 2.62. The van der Waals surface area contributed by atoms with Gasteiger partial charge in [0.25, 0.3) is 0 Å². The first-order valence-electron chi connectivity index (χ1n) is 6.76. The molecule has 0 unspecified atom stereocenters. The molecule has 0 fully saturated rings. The zero-order valence-electron chi connectivity index (χ0n) is 11.3. The zero-order valence-corrected chi connectivity index (χ0v) is 11.3. The Morgan fingerprint density at radius 1 is 1.00 bits per heavy atom. The molecular formula is C18H15NO. The van der Waals surface area contributed by atoms with Crippen molar-refractivity contribution < 1.29 is 4.79 Å². The highest BCUT2D eigenvalue weighted by molar-refractivity contribution is 6.16. The minimum absolute atomic E-state index is 0.0826. The summed E-state index contributed by atoms with van der Waals surface area (Å²) in [5, 5.41) is 1.95. The molecule has 20 heavy (non-hydrogen) atoms. The van der Waals surface area contributed by atoms with Crippen LogP contribution in [0.25, 0.3) is 10.8 Å². The molecule has 0 bridgehead atoms. The first-order chi connectivity index (χ1) is 9.81. The van der Waals surface area contributed by atoms with Crippen molar-refractivity contribution in [2.24, 2.45) is 0 Å². The lowest BCUT2D eigenvalue weighted by atomic mass is 9.94. The maximum Gasteiger partial charge on any atom is 0.193 e. The average Bonchev–Trinajstić information content (AvgIpc) is 2.53. The van der Waals surface area contributed by atoms with Crippen molar-refractivity contribution in [3.8, 4) is 0 Å². The number of carbonyl (C=O) groups is 1. The third kappa shape index (κ3) is 2.10. The minimum Gasteiger partial charge on any atom is -0.289 e. The van der Waals surface area contributed by atoms with E-state index in [0.717, 1.165) is 33.9 Å². The molecule has 0 atom stereocenters. The predicted octanol–water partition coefficient (Wildman–Crippen LogP) is 4.03. The number of hydrogen-bond acceptors (Lipinski definition) is 2. The van der Waals surface area contributed by atoms with Gasteiger partial charge in [-0.1, -0.05) is 49.4 Å². The van der Waals surface area contributed by atoms with Crippen LogP contribution in [0.2, 0.25) is 0 Å². The van der Waals surface area contributed by atoms with Crippen LogP contribution in [0.15, 0.2) is 60.9 Å². The second kappa shape index (κ2) is 5.25. The largest absolute Gasteiger partial charge is 0.289 e. The van der Waals surface area contributed by atoms with Crippen molar-refractivity contribution in [3.05, 3.63) is 77.6 Å². The Morgan fingerprint density at radius 2 is 1.80 bits per heavy atom. The molecule has 3 rings (SSSR count). The second-order valence-electron chi connectivity index (χ2n) is 4.74. The smallest absolute Gasteiger partial charge is 0.193 e. The van der Waals surface area contributed by atoms with Crippen molar-refractivity contribution in [2.75, 3.05) is 0 Å². The summed E-state index contributed by atoms with van der Waals surface area (Å²) in [5.74, 6) is 0.0826. The highest BCUT2D eigenvalue weighted by Crippen LogP contribution is 2.22. The van der Waals surface area contributed by atoms with Crippen molar-refractivity contribution in [2.45, 2.75) is 13.3 Å². The van der Waals surface area contributed by atoms with Crippen LogP contribution in [0.3, 0.4) is 0 Å². The maximum atomic E-state index is 12.8. The van der Waals surface area contributed by atoms with Crippen LogP contribution in [0.5, 0.6) is 0 Å². The fourth-order valence-corrected chi connectivity index (χ4v) is 2.52. The number of pyridine rings is 1. The van der Waals surface area contributed by atoms with Crippen LogP contribution in [-0.2, 0) is 6.42 Å². The maximum absolute atomic E-state index is 12.8. The minimum atomic E-state index is 0.0826. The SMILES string of the molecule is CCc1ccccc1C(=O)c1cccc2cnccc12. The molecule has 0 radical (unpaired) electrons. The van der Waals surface area contributed by atoms with Crippen LogP contribution in [-0.4, -0.2) is 10.8 Å². The zero-order chi connectivity index (χ0) is 13.9. The van der Waals surface area contributed by atoms with E-state index in [2.05, 4.69) is 11.9 Å². The molecule has 3 aromatic rings. The molecule has 2 heteroatoms. The molecule has 1 heterocycles. The molecule has 0 spiro atoms. The van der Waals surface area contributed by atoms with Gasteiger partial charge in [-0.15, -0.1) is 0 Å². The van der Waals surface area contributed by atoms with Gasteiger partial charge in [0.15, 0.2) is 5.78 Å². The third-order valence-corrected chi connectivity index (χ3v) is 3.57. The van der Waals surface area contributed by atoms with E-state index < -0.39 is 0 Å². The lowest BCUT2D eigenvalue weighted by Gasteiger charge is -2.09. The van der Waals surface area contributed by atoms with E-state index in [0.29, 0.717) is 0 Å². The quantitative estimate of drug-likeness (QED) is 0.666. The number of benzene rings is 2. The molecular weight excluding hydrogens is 246 g/mol. The van der Waals surface area contributed by atoms with Crippen LogP contribution >= 0.6 is 0 Å². The van der Waals surface area contributed by atoms with E-state index >= 15 is 0 Å². The first kappa shape index (κ1) is 12.5. The standard InChI is InChI=1S/C18H15NO/c1-2-13-6-3-4-8-16(13)18(20)17-9-5-7-14-12-19-11-10-15(14)17/h3-12H,2H2,1H3. The Balaban J connectivity index is 2.18. The summed E-state index contributed by atoms with van der Waals surface area (Å²) in [6.07, 6.45) is 4.37. The van der Waals surface area contributed by atoms with Gasteiger partial charge in [0.2, 0.25) is 0 Å². The predicted molar refractivity (Wildman–Crippen MR) is 81.0 cm³/mol. The van der Waals surface area contributed by atoms with Crippen LogP contribution in [0.4, 0.5) is 0 Å². The molecule has 0 amide bonds. The number of aryl methyl sites for hydroxylation is 1. The highest BCUT2D eigenvalue weighted by atomic mass is 16.1. The molecule has 0 aliphatic rings. The van der Waals surface area contributed by atoms with Crippen molar-refractivity contribution >= 4 is 16.6 Å². The van der Waals surface area contributed by atoms with Crippen LogP contribution in [0, 0.1) is 0 Å². The highest BCUT2D eigenvalue weighted by Gasteiger charge is 2.14. The van der Waals surface area contributed by atoms with Crippen LogP contribution in [0.1, 0.15) is 28.4 Å². The fourth-order valence-electron chi connectivity index (χ4n) is 2.52. The second-order valence-corrected chi connectivity index (χ2v) is 4.74. The Bertz CT molecular complexity index is 772. The number of hydrogen-bond donors (Lipinski definition) is 0. The molecule has 0 aliphatic heterocycles. The Morgan fingerprint density at radius 3 is 2.65 bits per heavy atom. The monoisotopic (exact) mass is 261 g/mol. The van der Waals surface area contributed by atoms with Gasteiger partial charge in [-0.25, -0.2) is 0 Å². The number of fused-ring (bicyclic) bond motifs is 1. The molecule has 0 saturated heterocycles. The number of ketones is 1. The third-order valence-electron chi connectivity index (χ3n) is 3.57. The summed E-state index contributed by atoms with van der Waals surface area (Å²) < 4.78 is 0. The summed E-state index contributed by atoms with van der Waals surface area (Å²) >= 11 is 0. The van der Waals surface area contributed by atoms with E-state index in [1.165, 1.54) is 0 Å². The number of rotatable bonds is 3. The molecule has 98 valence electrons. The topological polar surface area (TPSA) is 30.0 Å². The number of nitrogens with zero attached hydrogens (tertiary/aromatic N) is 1. The summed E-state index contributed by atoms with van der Waals surface area (Å²) in [7, 11) is 0. The Hall–Kier alpha value is -2.48. The van der Waals surface area contributed by atoms with Gasteiger partial charge >= 0.3 is 0 Å². The van der Waals surface area contributed by atoms with E-state index in [9.17, 15) is 4.79 Å². The summed E-state index contributed by atoms with van der Waals surface area (Å²) in [4.78, 5) is 16.9. The lowest BCUT2D eigenvalue weighted by molar-refractivity contribution is 0.103. The number of aromatic nitrogens is 1. The summed E-state index contributed by atoms with van der Waals surface area (Å²) in [6, 6.07) is 15.5. The molecule has 0 aliphatic carbocycles. The van der Waals surface area contributed by atoms with Gasteiger partial charge in [-0.05, 0) is 23.4 Å². The molecule has 2 nitrogen and oxygen atoms in total. The van der Waals surface area contributed by atoms with Crippen molar-refractivity contribution in [3.63, 3.8) is 0 Å². The lowest BCUT2D eigenvalue weighted by Crippen LogP contribution is -2.05. The van der Waals surface area contributed by atoms with Gasteiger partial charge in [0.05, 0.1) is 0 Å². The van der Waals surface area contributed by atoms with Crippen molar-refractivity contribution in [1.29, 1.82) is 0 Å². The average molecular weight is 261 g/mol. The normalized spacial score (nSPS) is 10.7. The Labute approximate surface area is 118 Å². The van der Waals surface area contributed by atoms with Crippen LogP contribution < -0.4 is 0 Å². The molecule has 2 aromatic carbocycles.